The smallest absolute Gasteiger partial charge is 0.335 e. The third-order valence-electron chi connectivity index (χ3n) is 3.51. The average Bonchev–Trinajstić information content (AvgIpc) is 2.53. The first-order chi connectivity index (χ1) is 10.2. The van der Waals surface area contributed by atoms with Crippen molar-refractivity contribution in [1.82, 2.24) is 0 Å². The molecule has 3 aromatic carbocycles. The van der Waals surface area contributed by atoms with Crippen molar-refractivity contribution in [1.29, 1.82) is 0 Å². The number of rotatable bonds is 3. The first-order valence-electron chi connectivity index (χ1n) is 6.59. The van der Waals surface area contributed by atoms with Crippen LogP contribution in [0.4, 0.5) is 0 Å². The van der Waals surface area contributed by atoms with E-state index in [0.29, 0.717) is 5.75 Å². The van der Waals surface area contributed by atoms with Crippen LogP contribution in [0, 0.1) is 0 Å². The van der Waals surface area contributed by atoms with Gasteiger partial charge in [0, 0.05) is 5.56 Å². The van der Waals surface area contributed by atoms with Crippen molar-refractivity contribution in [2.75, 3.05) is 7.11 Å². The van der Waals surface area contributed by atoms with Crippen LogP contribution in [-0.2, 0) is 0 Å². The van der Waals surface area contributed by atoms with Gasteiger partial charge in [0.2, 0.25) is 0 Å². The molecular formula is C18H14O3. The fourth-order valence-corrected chi connectivity index (χ4v) is 2.42. The van der Waals surface area contributed by atoms with Gasteiger partial charge in [-0.05, 0) is 40.6 Å². The van der Waals surface area contributed by atoms with Crippen LogP contribution in [0.15, 0.2) is 60.7 Å². The molecule has 1 N–H and O–H groups in total. The predicted molar refractivity (Wildman–Crippen MR) is 82.9 cm³/mol. The van der Waals surface area contributed by atoms with Crippen molar-refractivity contribution in [3.63, 3.8) is 0 Å². The highest BCUT2D eigenvalue weighted by molar-refractivity contribution is 5.91. The van der Waals surface area contributed by atoms with Crippen LogP contribution in [0.3, 0.4) is 0 Å². The number of carboxylic acid groups (broad SMARTS) is 1. The Morgan fingerprint density at radius 2 is 1.71 bits per heavy atom. The number of carboxylic acids is 1. The third kappa shape index (κ3) is 2.46. The van der Waals surface area contributed by atoms with Crippen molar-refractivity contribution >= 4 is 16.7 Å². The molecule has 0 unspecified atom stereocenters. The molecular weight excluding hydrogens is 264 g/mol. The van der Waals surface area contributed by atoms with Crippen LogP contribution >= 0.6 is 0 Å². The van der Waals surface area contributed by atoms with Gasteiger partial charge in [0.15, 0.2) is 0 Å². The molecule has 0 heterocycles. The topological polar surface area (TPSA) is 46.5 Å². The van der Waals surface area contributed by atoms with E-state index in [1.807, 2.05) is 18.2 Å². The quantitative estimate of drug-likeness (QED) is 0.780. The Morgan fingerprint density at radius 3 is 2.43 bits per heavy atom. The summed E-state index contributed by atoms with van der Waals surface area (Å²) in [5.41, 5.74) is 2.10. The van der Waals surface area contributed by atoms with Crippen molar-refractivity contribution in [2.45, 2.75) is 0 Å². The molecule has 0 aromatic heterocycles. The van der Waals surface area contributed by atoms with E-state index in [-0.39, 0.29) is 5.56 Å². The van der Waals surface area contributed by atoms with Crippen LogP contribution in [0.1, 0.15) is 10.4 Å². The number of ether oxygens (including phenoxy) is 1. The predicted octanol–water partition coefficient (Wildman–Crippen LogP) is 4.21. The van der Waals surface area contributed by atoms with Crippen LogP contribution in [0.5, 0.6) is 5.75 Å². The van der Waals surface area contributed by atoms with E-state index >= 15 is 0 Å². The van der Waals surface area contributed by atoms with Crippen LogP contribution in [0.25, 0.3) is 21.9 Å². The van der Waals surface area contributed by atoms with E-state index in [4.69, 9.17) is 9.84 Å². The number of hydrogen-bond donors (Lipinski definition) is 1. The Kier molecular flexibility index (Phi) is 3.32. The highest BCUT2D eigenvalue weighted by atomic mass is 16.5. The molecule has 0 saturated heterocycles. The summed E-state index contributed by atoms with van der Waals surface area (Å²) >= 11 is 0. The maximum atomic E-state index is 11.0. The lowest BCUT2D eigenvalue weighted by Crippen LogP contribution is -1.98. The molecule has 0 saturated carbocycles. The highest BCUT2D eigenvalue weighted by Gasteiger charge is 2.10. The second-order valence-electron chi connectivity index (χ2n) is 4.78. The number of aromatic carboxylic acids is 1. The van der Waals surface area contributed by atoms with Gasteiger partial charge < -0.3 is 9.84 Å². The second-order valence-corrected chi connectivity index (χ2v) is 4.78. The van der Waals surface area contributed by atoms with Crippen molar-refractivity contribution in [2.24, 2.45) is 0 Å². The van der Waals surface area contributed by atoms with Gasteiger partial charge in [0.05, 0.1) is 12.7 Å². The first kappa shape index (κ1) is 13.2. The van der Waals surface area contributed by atoms with Gasteiger partial charge in [-0.25, -0.2) is 4.79 Å². The molecule has 0 spiro atoms. The van der Waals surface area contributed by atoms with Crippen LogP contribution in [-0.4, -0.2) is 18.2 Å². The Balaban J connectivity index is 2.15. The maximum absolute atomic E-state index is 11.0. The zero-order chi connectivity index (χ0) is 14.8. The summed E-state index contributed by atoms with van der Waals surface area (Å²) in [6.45, 7) is 0. The molecule has 3 nitrogen and oxygen atoms in total. The third-order valence-corrected chi connectivity index (χ3v) is 3.51. The molecule has 21 heavy (non-hydrogen) atoms. The molecule has 3 heteroatoms. The van der Waals surface area contributed by atoms with E-state index < -0.39 is 5.97 Å². The van der Waals surface area contributed by atoms with E-state index in [9.17, 15) is 4.79 Å². The molecule has 0 aliphatic rings. The molecule has 3 aromatic rings. The van der Waals surface area contributed by atoms with E-state index in [1.54, 1.807) is 25.3 Å². The molecule has 0 amide bonds. The summed E-state index contributed by atoms with van der Waals surface area (Å²) in [5, 5.41) is 11.4. The van der Waals surface area contributed by atoms with Gasteiger partial charge in [-0.15, -0.1) is 0 Å². The second kappa shape index (κ2) is 5.29. The minimum absolute atomic E-state index is 0.219. The molecule has 0 bridgehead atoms. The highest BCUT2D eigenvalue weighted by Crippen LogP contribution is 2.32. The zero-order valence-electron chi connectivity index (χ0n) is 11.5. The zero-order valence-corrected chi connectivity index (χ0v) is 11.5. The molecule has 104 valence electrons. The lowest BCUT2D eigenvalue weighted by Gasteiger charge is -2.10. The number of carbonyl (C=O) groups is 1. The van der Waals surface area contributed by atoms with Gasteiger partial charge in [-0.1, -0.05) is 36.4 Å². The Hall–Kier alpha value is -2.81. The van der Waals surface area contributed by atoms with Gasteiger partial charge in [0.25, 0.3) is 0 Å². The maximum Gasteiger partial charge on any atom is 0.335 e. The minimum atomic E-state index is -0.960. The molecule has 0 atom stereocenters. The average molecular weight is 278 g/mol. The van der Waals surface area contributed by atoms with E-state index in [1.165, 1.54) is 5.39 Å². The minimum Gasteiger partial charge on any atom is -0.496 e. The molecule has 0 fully saturated rings. The van der Waals surface area contributed by atoms with Gasteiger partial charge in [-0.2, -0.15) is 0 Å². The van der Waals surface area contributed by atoms with E-state index in [0.717, 1.165) is 16.5 Å². The summed E-state index contributed by atoms with van der Waals surface area (Å²) in [6.07, 6.45) is 0. The lowest BCUT2D eigenvalue weighted by molar-refractivity contribution is 0.0696. The SMILES string of the molecule is COc1cc(C(=O)O)ccc1-c1ccc2ccccc2c1. The van der Waals surface area contributed by atoms with Crippen LogP contribution in [0.2, 0.25) is 0 Å². The fourth-order valence-electron chi connectivity index (χ4n) is 2.42. The number of hydrogen-bond acceptors (Lipinski definition) is 2. The van der Waals surface area contributed by atoms with Crippen molar-refractivity contribution in [3.05, 3.63) is 66.2 Å². The van der Waals surface area contributed by atoms with Crippen molar-refractivity contribution in [3.8, 4) is 16.9 Å². The molecule has 0 radical (unpaired) electrons. The number of benzene rings is 3. The van der Waals surface area contributed by atoms with Gasteiger partial charge in [0.1, 0.15) is 5.75 Å². The summed E-state index contributed by atoms with van der Waals surface area (Å²) in [5.74, 6) is -0.399. The summed E-state index contributed by atoms with van der Waals surface area (Å²) in [6, 6.07) is 19.2. The number of fused-ring (bicyclic) bond motifs is 1. The summed E-state index contributed by atoms with van der Waals surface area (Å²) in [4.78, 5) is 11.0. The Labute approximate surface area is 122 Å². The van der Waals surface area contributed by atoms with E-state index in [2.05, 4.69) is 24.3 Å². The fraction of sp³-hybridized carbons (Fsp3) is 0.0556. The van der Waals surface area contributed by atoms with Gasteiger partial charge in [-0.3, -0.25) is 0 Å². The standard InChI is InChI=1S/C18H14O3/c1-21-17-11-15(18(19)20)8-9-16(17)14-7-6-12-4-2-3-5-13(12)10-14/h2-11H,1H3,(H,19,20). The van der Waals surface area contributed by atoms with Crippen molar-refractivity contribution < 1.29 is 14.6 Å². The molecule has 0 aliphatic heterocycles. The summed E-state index contributed by atoms with van der Waals surface area (Å²) in [7, 11) is 1.55. The van der Waals surface area contributed by atoms with Gasteiger partial charge >= 0.3 is 5.97 Å². The molecule has 0 aliphatic carbocycles. The first-order valence-corrected chi connectivity index (χ1v) is 6.59. The monoisotopic (exact) mass is 278 g/mol. The Bertz CT molecular complexity index is 822. The lowest BCUT2D eigenvalue weighted by atomic mass is 9.99. The summed E-state index contributed by atoms with van der Waals surface area (Å²) < 4.78 is 5.34. The van der Waals surface area contributed by atoms with Crippen LogP contribution < -0.4 is 4.74 Å². The largest absolute Gasteiger partial charge is 0.496 e. The molecule has 3 rings (SSSR count). The Morgan fingerprint density at radius 1 is 0.952 bits per heavy atom. The normalized spacial score (nSPS) is 10.5. The number of methoxy groups -OCH3 is 1.